The summed E-state index contributed by atoms with van der Waals surface area (Å²) in [5, 5.41) is 14.5. The Morgan fingerprint density at radius 3 is 2.76 bits per heavy atom. The van der Waals surface area contributed by atoms with Gasteiger partial charge in [0.25, 0.3) is 0 Å². The summed E-state index contributed by atoms with van der Waals surface area (Å²) in [4.78, 5) is 13.0. The fraction of sp³-hybridized carbons (Fsp3) is 0.318. The number of anilines is 3. The fourth-order valence-corrected chi connectivity index (χ4v) is 4.66. The van der Waals surface area contributed by atoms with Crippen LogP contribution in [0.3, 0.4) is 0 Å². The van der Waals surface area contributed by atoms with E-state index in [4.69, 9.17) is 21.1 Å². The van der Waals surface area contributed by atoms with Gasteiger partial charge in [0.1, 0.15) is 16.2 Å². The zero-order chi connectivity index (χ0) is 26.6. The average Bonchev–Trinajstić information content (AvgIpc) is 3.67. The summed E-state index contributed by atoms with van der Waals surface area (Å²) < 4.78 is 56.5. The molecule has 6 rings (SSSR count). The number of ether oxygens (including phenoxy) is 2. The molecular weight excluding hydrogens is 529 g/mol. The lowest BCUT2D eigenvalue weighted by Crippen LogP contribution is -2.19. The standard InChI is InChI=1S/C22H20ClF3N10O2/c1-27-19-17-13(9-30-35(17)5-4-28-19)38-12-8-29-20-18(16(12)23)34(2)21(32-20)31-15-7-14(22(24,25)26)36(33-15)11-3-6-37-10-11/h4-5,7-9,11H,3,6,10H2,1-2H3,(H,27,28)(H,29,31,32,33). The Morgan fingerprint density at radius 2 is 2.03 bits per heavy atom. The number of aromatic nitrogens is 8. The van der Waals surface area contributed by atoms with Crippen LogP contribution in [0.5, 0.6) is 11.5 Å². The number of rotatable bonds is 6. The van der Waals surface area contributed by atoms with E-state index >= 15 is 0 Å². The molecule has 0 amide bonds. The highest BCUT2D eigenvalue weighted by molar-refractivity contribution is 6.36. The van der Waals surface area contributed by atoms with Crippen LogP contribution in [0.25, 0.3) is 16.7 Å². The second kappa shape index (κ2) is 9.02. The zero-order valence-corrected chi connectivity index (χ0v) is 20.7. The van der Waals surface area contributed by atoms with E-state index in [0.29, 0.717) is 35.6 Å². The Bertz CT molecular complexity index is 1650. The maximum atomic E-state index is 13.7. The third-order valence-corrected chi connectivity index (χ3v) is 6.54. The predicted octanol–water partition coefficient (Wildman–Crippen LogP) is 4.42. The molecule has 16 heteroatoms. The first-order valence-corrected chi connectivity index (χ1v) is 11.8. The summed E-state index contributed by atoms with van der Waals surface area (Å²) in [6, 6.07) is 0.441. The van der Waals surface area contributed by atoms with E-state index in [-0.39, 0.29) is 34.8 Å². The van der Waals surface area contributed by atoms with Crippen LogP contribution in [0.4, 0.5) is 30.8 Å². The minimum atomic E-state index is -4.58. The van der Waals surface area contributed by atoms with Gasteiger partial charge in [-0.1, -0.05) is 11.6 Å². The molecule has 1 aliphatic heterocycles. The molecule has 0 aliphatic carbocycles. The highest BCUT2D eigenvalue weighted by atomic mass is 35.5. The molecule has 2 N–H and O–H groups in total. The van der Waals surface area contributed by atoms with Crippen LogP contribution in [0.15, 0.2) is 30.9 Å². The Labute approximate surface area is 217 Å². The van der Waals surface area contributed by atoms with Gasteiger partial charge in [-0.15, -0.1) is 0 Å². The van der Waals surface area contributed by atoms with Gasteiger partial charge in [0.05, 0.1) is 25.0 Å². The molecule has 0 saturated carbocycles. The Morgan fingerprint density at radius 1 is 1.18 bits per heavy atom. The van der Waals surface area contributed by atoms with Crippen molar-refractivity contribution in [1.29, 1.82) is 0 Å². The summed E-state index contributed by atoms with van der Waals surface area (Å²) in [6.45, 7) is 0.545. The summed E-state index contributed by atoms with van der Waals surface area (Å²) >= 11 is 6.69. The van der Waals surface area contributed by atoms with Gasteiger partial charge in [0, 0.05) is 39.2 Å². The number of hydrogen-bond acceptors (Lipinski definition) is 9. The monoisotopic (exact) mass is 548 g/mol. The maximum absolute atomic E-state index is 13.7. The molecule has 0 bridgehead atoms. The van der Waals surface area contributed by atoms with Crippen LogP contribution in [0.1, 0.15) is 18.2 Å². The van der Waals surface area contributed by atoms with E-state index in [1.165, 1.54) is 12.4 Å². The van der Waals surface area contributed by atoms with Crippen molar-refractivity contribution in [2.24, 2.45) is 7.05 Å². The normalized spacial score (nSPS) is 16.0. The van der Waals surface area contributed by atoms with E-state index in [2.05, 4.69) is 35.8 Å². The lowest BCUT2D eigenvalue weighted by atomic mass is 10.2. The highest BCUT2D eigenvalue weighted by Crippen LogP contribution is 2.39. The molecule has 1 saturated heterocycles. The first-order chi connectivity index (χ1) is 18.2. The van der Waals surface area contributed by atoms with E-state index in [0.717, 1.165) is 10.7 Å². The van der Waals surface area contributed by atoms with Crippen molar-refractivity contribution in [3.8, 4) is 11.5 Å². The summed E-state index contributed by atoms with van der Waals surface area (Å²) in [5.74, 6) is 1.37. The van der Waals surface area contributed by atoms with Gasteiger partial charge in [-0.05, 0) is 6.42 Å². The summed E-state index contributed by atoms with van der Waals surface area (Å²) in [7, 11) is 3.38. The van der Waals surface area contributed by atoms with Gasteiger partial charge in [-0.3, -0.25) is 4.68 Å². The third kappa shape index (κ3) is 4.03. The van der Waals surface area contributed by atoms with Crippen LogP contribution in [-0.2, 0) is 18.0 Å². The molecule has 6 heterocycles. The minimum Gasteiger partial charge on any atom is -0.450 e. The SMILES string of the molecule is CNc1nccn2ncc(Oc3cnc4nc(Nc5cc(C(F)(F)F)n(C6CCOC6)n5)n(C)c4c3Cl)c12. The lowest BCUT2D eigenvalue weighted by Gasteiger charge is -2.14. The Balaban J connectivity index is 1.34. The Kier molecular flexibility index (Phi) is 5.75. The summed E-state index contributed by atoms with van der Waals surface area (Å²) in [5.41, 5.74) is 0.409. The molecule has 0 aromatic carbocycles. The van der Waals surface area contributed by atoms with Crippen molar-refractivity contribution >= 4 is 45.9 Å². The van der Waals surface area contributed by atoms with Crippen LogP contribution >= 0.6 is 11.6 Å². The quantitative estimate of drug-likeness (QED) is 0.317. The van der Waals surface area contributed by atoms with Crippen molar-refractivity contribution in [3.05, 3.63) is 41.6 Å². The van der Waals surface area contributed by atoms with Crippen LogP contribution in [-0.4, -0.2) is 59.2 Å². The number of aryl methyl sites for hydroxylation is 1. The smallest absolute Gasteiger partial charge is 0.433 e. The molecule has 0 spiro atoms. The van der Waals surface area contributed by atoms with Gasteiger partial charge >= 0.3 is 6.18 Å². The molecule has 198 valence electrons. The van der Waals surface area contributed by atoms with E-state index < -0.39 is 17.9 Å². The topological polar surface area (TPSA) is 121 Å². The second-order valence-electron chi connectivity index (χ2n) is 8.53. The zero-order valence-electron chi connectivity index (χ0n) is 20.0. The number of alkyl halides is 3. The molecule has 5 aromatic rings. The molecule has 38 heavy (non-hydrogen) atoms. The van der Waals surface area contributed by atoms with E-state index in [1.807, 2.05) is 0 Å². The van der Waals surface area contributed by atoms with Gasteiger partial charge in [0.15, 0.2) is 34.3 Å². The molecule has 12 nitrogen and oxygen atoms in total. The number of halogens is 4. The van der Waals surface area contributed by atoms with Crippen LogP contribution < -0.4 is 15.4 Å². The maximum Gasteiger partial charge on any atom is 0.433 e. The number of nitrogens with zero attached hydrogens (tertiary/aromatic N) is 8. The van der Waals surface area contributed by atoms with Crippen molar-refractivity contribution in [3.63, 3.8) is 0 Å². The molecule has 1 atom stereocenters. The van der Waals surface area contributed by atoms with Crippen molar-refractivity contribution < 1.29 is 22.6 Å². The number of hydrogen-bond donors (Lipinski definition) is 2. The third-order valence-electron chi connectivity index (χ3n) is 6.18. The van der Waals surface area contributed by atoms with Crippen molar-refractivity contribution in [2.45, 2.75) is 18.6 Å². The summed E-state index contributed by atoms with van der Waals surface area (Å²) in [6.07, 6.45) is 2.08. The number of imidazole rings is 1. The largest absolute Gasteiger partial charge is 0.450 e. The molecular formula is C22H20ClF3N10O2. The van der Waals surface area contributed by atoms with Crippen LogP contribution in [0, 0.1) is 0 Å². The first-order valence-electron chi connectivity index (χ1n) is 11.4. The first kappa shape index (κ1) is 24.2. The lowest BCUT2D eigenvalue weighted by molar-refractivity contribution is -0.145. The number of fused-ring (bicyclic) bond motifs is 2. The number of nitrogens with one attached hydrogen (secondary N) is 2. The number of pyridine rings is 1. The van der Waals surface area contributed by atoms with E-state index in [9.17, 15) is 13.2 Å². The van der Waals surface area contributed by atoms with Gasteiger partial charge in [0.2, 0.25) is 5.95 Å². The van der Waals surface area contributed by atoms with Gasteiger partial charge < -0.3 is 24.7 Å². The van der Waals surface area contributed by atoms with Gasteiger partial charge in [-0.25, -0.2) is 14.5 Å². The Hall–Kier alpha value is -4.11. The van der Waals surface area contributed by atoms with Gasteiger partial charge in [-0.2, -0.15) is 28.4 Å². The van der Waals surface area contributed by atoms with E-state index in [1.54, 1.807) is 35.6 Å². The fourth-order valence-electron chi connectivity index (χ4n) is 4.36. The second-order valence-corrected chi connectivity index (χ2v) is 8.91. The molecule has 1 unspecified atom stereocenters. The van der Waals surface area contributed by atoms with Crippen LogP contribution in [0.2, 0.25) is 5.02 Å². The average molecular weight is 549 g/mol. The van der Waals surface area contributed by atoms with Crippen molar-refractivity contribution in [2.75, 3.05) is 30.9 Å². The molecule has 1 fully saturated rings. The molecule has 1 aliphatic rings. The predicted molar refractivity (Wildman–Crippen MR) is 131 cm³/mol. The molecule has 0 radical (unpaired) electrons. The minimum absolute atomic E-state index is 0.0197. The highest BCUT2D eigenvalue weighted by Gasteiger charge is 2.38. The molecule has 5 aromatic heterocycles. The van der Waals surface area contributed by atoms with Crippen molar-refractivity contribution in [1.82, 2.24) is 38.9 Å².